The lowest BCUT2D eigenvalue weighted by atomic mass is 10.2. The van der Waals surface area contributed by atoms with E-state index >= 15 is 0 Å². The minimum absolute atomic E-state index is 0.197. The monoisotopic (exact) mass is 276 g/mol. The summed E-state index contributed by atoms with van der Waals surface area (Å²) < 4.78 is 29.6. The minimum Gasteiger partial charge on any atom is -0.480 e. The van der Waals surface area contributed by atoms with Gasteiger partial charge < -0.3 is 9.63 Å². The van der Waals surface area contributed by atoms with Crippen molar-refractivity contribution >= 4 is 16.0 Å². The molecule has 1 rings (SSSR count). The van der Waals surface area contributed by atoms with Crippen molar-refractivity contribution in [1.29, 1.82) is 0 Å². The molecule has 18 heavy (non-hydrogen) atoms. The molecule has 1 aromatic rings. The highest BCUT2D eigenvalue weighted by Gasteiger charge is 2.30. The van der Waals surface area contributed by atoms with Crippen LogP contribution in [0.15, 0.2) is 10.6 Å². The van der Waals surface area contributed by atoms with Gasteiger partial charge in [0.15, 0.2) is 0 Å². The van der Waals surface area contributed by atoms with E-state index in [0.717, 1.165) is 4.31 Å². The van der Waals surface area contributed by atoms with E-state index < -0.39 is 22.0 Å². The second kappa shape index (κ2) is 5.49. The molecule has 1 heterocycles. The molecule has 0 aliphatic heterocycles. The Kier molecular flexibility index (Phi) is 4.47. The summed E-state index contributed by atoms with van der Waals surface area (Å²) in [6.45, 7) is 3.27. The summed E-state index contributed by atoms with van der Waals surface area (Å²) in [4.78, 5) is 10.9. The first-order chi connectivity index (χ1) is 8.27. The van der Waals surface area contributed by atoms with Crippen LogP contribution >= 0.6 is 0 Å². The molecule has 7 nitrogen and oxygen atoms in total. The van der Waals surface area contributed by atoms with Crippen LogP contribution in [0.5, 0.6) is 0 Å². The van der Waals surface area contributed by atoms with E-state index in [1.165, 1.54) is 13.1 Å². The van der Waals surface area contributed by atoms with Crippen LogP contribution in [0.3, 0.4) is 0 Å². The predicted octanol–water partition coefficient (Wildman–Crippen LogP) is 0.608. The first-order valence-electron chi connectivity index (χ1n) is 5.38. The van der Waals surface area contributed by atoms with E-state index in [1.807, 2.05) is 0 Å². The molecule has 0 saturated heterocycles. The molecular weight excluding hydrogens is 260 g/mol. The van der Waals surface area contributed by atoms with Gasteiger partial charge >= 0.3 is 5.97 Å². The number of rotatable bonds is 6. The lowest BCUT2D eigenvalue weighted by Gasteiger charge is -2.22. The number of aromatic nitrogens is 1. The van der Waals surface area contributed by atoms with Gasteiger partial charge in [-0.1, -0.05) is 12.1 Å². The third kappa shape index (κ3) is 3.30. The second-order valence-electron chi connectivity index (χ2n) is 3.96. The quantitative estimate of drug-likeness (QED) is 0.816. The Labute approximate surface area is 105 Å². The number of hydrogen-bond donors (Lipinski definition) is 1. The molecule has 1 atom stereocenters. The Bertz CT molecular complexity index is 522. The molecule has 0 fully saturated rings. The van der Waals surface area contributed by atoms with Gasteiger partial charge in [0.2, 0.25) is 10.0 Å². The average molecular weight is 276 g/mol. The summed E-state index contributed by atoms with van der Waals surface area (Å²) in [5.41, 5.74) is 0.264. The lowest BCUT2D eigenvalue weighted by molar-refractivity contribution is -0.141. The molecule has 0 radical (unpaired) electrons. The maximum absolute atomic E-state index is 12.0. The van der Waals surface area contributed by atoms with Gasteiger partial charge in [0.25, 0.3) is 0 Å². The number of aliphatic carboxylic acids is 1. The summed E-state index contributed by atoms with van der Waals surface area (Å²) >= 11 is 0. The minimum atomic E-state index is -3.73. The van der Waals surface area contributed by atoms with Crippen molar-refractivity contribution in [3.05, 3.63) is 17.5 Å². The number of carboxylic acids is 1. The summed E-state index contributed by atoms with van der Waals surface area (Å²) in [5.74, 6) is -1.03. The lowest BCUT2D eigenvalue weighted by Crippen LogP contribution is -2.42. The fourth-order valence-electron chi connectivity index (χ4n) is 1.56. The molecule has 102 valence electrons. The van der Waals surface area contributed by atoms with Gasteiger partial charge in [-0.25, -0.2) is 8.42 Å². The molecule has 1 N–H and O–H groups in total. The van der Waals surface area contributed by atoms with Crippen LogP contribution in [-0.4, -0.2) is 42.0 Å². The van der Waals surface area contributed by atoms with Gasteiger partial charge in [0.1, 0.15) is 23.2 Å². The molecule has 0 aliphatic rings. The number of aryl methyl sites for hydroxylation is 1. The Morgan fingerprint density at radius 3 is 2.61 bits per heavy atom. The highest BCUT2D eigenvalue weighted by molar-refractivity contribution is 7.88. The van der Waals surface area contributed by atoms with Crippen molar-refractivity contribution in [2.24, 2.45) is 0 Å². The molecule has 0 amide bonds. The molecule has 0 spiro atoms. The van der Waals surface area contributed by atoms with Crippen LogP contribution in [0.4, 0.5) is 0 Å². The zero-order valence-corrected chi connectivity index (χ0v) is 11.3. The SMILES string of the molecule is CCC(C(=O)O)N(C)S(=O)(=O)Cc1cc(C)on1. The van der Waals surface area contributed by atoms with Crippen molar-refractivity contribution < 1.29 is 22.8 Å². The van der Waals surface area contributed by atoms with Gasteiger partial charge in [0.05, 0.1) is 0 Å². The summed E-state index contributed by atoms with van der Waals surface area (Å²) in [6, 6.07) is 0.440. The maximum Gasteiger partial charge on any atom is 0.321 e. The molecule has 1 unspecified atom stereocenters. The number of nitrogens with zero attached hydrogens (tertiary/aromatic N) is 2. The number of likely N-dealkylation sites (N-methyl/N-ethyl adjacent to an activating group) is 1. The summed E-state index contributed by atoms with van der Waals surface area (Å²) in [5, 5.41) is 12.5. The third-order valence-corrected chi connectivity index (χ3v) is 4.35. The zero-order chi connectivity index (χ0) is 13.9. The molecule has 0 aliphatic carbocycles. The van der Waals surface area contributed by atoms with Crippen molar-refractivity contribution in [3.8, 4) is 0 Å². The molecule has 1 aromatic heterocycles. The van der Waals surface area contributed by atoms with Crippen LogP contribution < -0.4 is 0 Å². The maximum atomic E-state index is 12.0. The van der Waals surface area contributed by atoms with E-state index in [1.54, 1.807) is 13.8 Å². The highest BCUT2D eigenvalue weighted by Crippen LogP contribution is 2.14. The van der Waals surface area contributed by atoms with Crippen molar-refractivity contribution in [3.63, 3.8) is 0 Å². The molecular formula is C10H16N2O5S. The molecule has 0 aromatic carbocycles. The largest absolute Gasteiger partial charge is 0.480 e. The fraction of sp³-hybridized carbons (Fsp3) is 0.600. The number of sulfonamides is 1. The molecule has 0 saturated carbocycles. The standard InChI is InChI=1S/C10H16N2O5S/c1-4-9(10(13)14)12(3)18(15,16)6-8-5-7(2)17-11-8/h5,9H,4,6H2,1-3H3,(H,13,14). The van der Waals surface area contributed by atoms with Gasteiger partial charge in [-0.2, -0.15) is 4.31 Å². The van der Waals surface area contributed by atoms with Crippen LogP contribution in [0, 0.1) is 6.92 Å². The topological polar surface area (TPSA) is 101 Å². The third-order valence-electron chi connectivity index (χ3n) is 2.56. The Balaban J connectivity index is 2.89. The van der Waals surface area contributed by atoms with Crippen molar-refractivity contribution in [1.82, 2.24) is 9.46 Å². The number of carbonyl (C=O) groups is 1. The van der Waals surface area contributed by atoms with E-state index in [0.29, 0.717) is 5.76 Å². The molecule has 8 heteroatoms. The van der Waals surface area contributed by atoms with E-state index in [9.17, 15) is 13.2 Å². The van der Waals surface area contributed by atoms with Crippen LogP contribution in [-0.2, 0) is 20.6 Å². The van der Waals surface area contributed by atoms with Crippen LogP contribution in [0.1, 0.15) is 24.8 Å². The summed E-state index contributed by atoms with van der Waals surface area (Å²) in [7, 11) is -2.47. The van der Waals surface area contributed by atoms with Crippen LogP contribution in [0.2, 0.25) is 0 Å². The normalized spacial score (nSPS) is 13.8. The highest BCUT2D eigenvalue weighted by atomic mass is 32.2. The second-order valence-corrected chi connectivity index (χ2v) is 5.99. The average Bonchev–Trinajstić information content (AvgIpc) is 2.63. The number of carboxylic acid groups (broad SMARTS) is 1. The van der Waals surface area contributed by atoms with Crippen molar-refractivity contribution in [2.45, 2.75) is 32.1 Å². The van der Waals surface area contributed by atoms with Gasteiger partial charge in [-0.15, -0.1) is 0 Å². The Morgan fingerprint density at radius 2 is 2.22 bits per heavy atom. The summed E-state index contributed by atoms with van der Waals surface area (Å²) in [6.07, 6.45) is 0.197. The van der Waals surface area contributed by atoms with Gasteiger partial charge in [0, 0.05) is 13.1 Å². The van der Waals surface area contributed by atoms with E-state index in [2.05, 4.69) is 5.16 Å². The smallest absolute Gasteiger partial charge is 0.321 e. The van der Waals surface area contributed by atoms with Gasteiger partial charge in [-0.3, -0.25) is 4.79 Å². The molecule has 0 bridgehead atoms. The number of hydrogen-bond acceptors (Lipinski definition) is 5. The predicted molar refractivity (Wildman–Crippen MR) is 63.3 cm³/mol. The van der Waals surface area contributed by atoms with E-state index in [4.69, 9.17) is 9.63 Å². The van der Waals surface area contributed by atoms with Gasteiger partial charge in [-0.05, 0) is 13.3 Å². The Hall–Kier alpha value is -1.41. The first-order valence-corrected chi connectivity index (χ1v) is 6.99. The van der Waals surface area contributed by atoms with Crippen molar-refractivity contribution in [2.75, 3.05) is 7.05 Å². The Morgan fingerprint density at radius 1 is 1.61 bits per heavy atom. The van der Waals surface area contributed by atoms with Crippen LogP contribution in [0.25, 0.3) is 0 Å². The fourth-order valence-corrected chi connectivity index (χ4v) is 2.90. The first kappa shape index (κ1) is 14.7. The zero-order valence-electron chi connectivity index (χ0n) is 10.5. The van der Waals surface area contributed by atoms with E-state index in [-0.39, 0.29) is 17.9 Å².